The molecular weight excluding hydrogens is 260 g/mol. The van der Waals surface area contributed by atoms with Crippen molar-refractivity contribution in [1.29, 1.82) is 0 Å². The van der Waals surface area contributed by atoms with E-state index in [-0.39, 0.29) is 5.54 Å². The molecule has 1 aliphatic rings. The molecule has 0 radical (unpaired) electrons. The molecule has 0 aromatic carbocycles. The normalized spacial score (nSPS) is 20.0. The highest BCUT2D eigenvalue weighted by Crippen LogP contribution is 2.20. The number of rotatable bonds is 5. The fraction of sp³-hybridized carbons (Fsp3) is 0.706. The maximum absolute atomic E-state index is 4.47. The number of nitrogens with zero attached hydrogens (tertiary/aromatic N) is 3. The molecule has 1 saturated heterocycles. The van der Waals surface area contributed by atoms with E-state index in [0.29, 0.717) is 0 Å². The molecule has 0 amide bonds. The summed E-state index contributed by atoms with van der Waals surface area (Å²) in [6.45, 7) is 10.9. The third kappa shape index (κ3) is 5.29. The highest BCUT2D eigenvalue weighted by atomic mass is 15.2. The minimum absolute atomic E-state index is 0.123. The molecule has 1 aromatic heterocycles. The minimum Gasteiger partial charge on any atom is -0.374 e. The zero-order valence-electron chi connectivity index (χ0n) is 14.2. The molecule has 0 spiro atoms. The third-order valence-electron chi connectivity index (χ3n) is 4.06. The quantitative estimate of drug-likeness (QED) is 0.902. The Hall–Kier alpha value is -1.13. The van der Waals surface area contributed by atoms with E-state index in [0.717, 1.165) is 24.7 Å². The van der Waals surface area contributed by atoms with Gasteiger partial charge in [-0.1, -0.05) is 0 Å². The third-order valence-corrected chi connectivity index (χ3v) is 4.06. The van der Waals surface area contributed by atoms with Crippen LogP contribution in [0.3, 0.4) is 0 Å². The molecule has 1 aromatic rings. The molecule has 0 saturated carbocycles. The van der Waals surface area contributed by atoms with Gasteiger partial charge in [0.05, 0.1) is 5.69 Å². The molecule has 1 N–H and O–H groups in total. The molecule has 4 nitrogen and oxygen atoms in total. The van der Waals surface area contributed by atoms with Gasteiger partial charge in [-0.2, -0.15) is 0 Å². The lowest BCUT2D eigenvalue weighted by atomic mass is 10.1. The van der Waals surface area contributed by atoms with Crippen molar-refractivity contribution in [1.82, 2.24) is 15.2 Å². The number of hydrogen-bond donors (Lipinski definition) is 1. The first-order valence-electron chi connectivity index (χ1n) is 7.93. The minimum atomic E-state index is 0.123. The molecule has 1 atom stereocenters. The number of nitrogens with one attached hydrogen (secondary N) is 1. The summed E-state index contributed by atoms with van der Waals surface area (Å²) in [5.74, 6) is 0.782. The first-order chi connectivity index (χ1) is 9.83. The molecule has 118 valence electrons. The summed E-state index contributed by atoms with van der Waals surface area (Å²) in [7, 11) is 4.40. The van der Waals surface area contributed by atoms with Crippen LogP contribution in [0.4, 0.5) is 5.69 Å². The molecular formula is C17H30N4. The summed E-state index contributed by atoms with van der Waals surface area (Å²) >= 11 is 0. The average molecular weight is 290 g/mol. The van der Waals surface area contributed by atoms with Gasteiger partial charge in [0.1, 0.15) is 0 Å². The second-order valence-electron chi connectivity index (χ2n) is 7.41. The van der Waals surface area contributed by atoms with Crippen LogP contribution < -0.4 is 10.2 Å². The van der Waals surface area contributed by atoms with Crippen LogP contribution in [-0.2, 0) is 6.54 Å². The summed E-state index contributed by atoms with van der Waals surface area (Å²) in [6.07, 6.45) is 3.23. The number of likely N-dealkylation sites (tertiary alicyclic amines) is 1. The van der Waals surface area contributed by atoms with Crippen LogP contribution in [0.15, 0.2) is 18.3 Å². The predicted molar refractivity (Wildman–Crippen MR) is 89.7 cm³/mol. The van der Waals surface area contributed by atoms with Gasteiger partial charge in [-0.25, -0.2) is 0 Å². The second-order valence-corrected chi connectivity index (χ2v) is 7.41. The molecule has 0 aliphatic carbocycles. The number of aromatic nitrogens is 1. The number of anilines is 1. The zero-order valence-corrected chi connectivity index (χ0v) is 14.2. The van der Waals surface area contributed by atoms with Crippen molar-refractivity contribution in [3.63, 3.8) is 0 Å². The molecule has 1 unspecified atom stereocenters. The Morgan fingerprint density at radius 1 is 1.43 bits per heavy atom. The highest BCUT2D eigenvalue weighted by molar-refractivity contribution is 5.45. The van der Waals surface area contributed by atoms with Crippen LogP contribution in [0.25, 0.3) is 0 Å². The van der Waals surface area contributed by atoms with Crippen LogP contribution in [0.1, 0.15) is 32.9 Å². The average Bonchev–Trinajstić information content (AvgIpc) is 2.81. The predicted octanol–water partition coefficient (Wildman–Crippen LogP) is 2.36. The molecule has 2 rings (SSSR count). The van der Waals surface area contributed by atoms with Crippen molar-refractivity contribution in [3.05, 3.63) is 24.0 Å². The lowest BCUT2D eigenvalue weighted by molar-refractivity contribution is 0.396. The van der Waals surface area contributed by atoms with Gasteiger partial charge in [-0.3, -0.25) is 4.98 Å². The molecule has 2 heterocycles. The SMILES string of the molecule is CN1CCC(CN(C)c2ccnc(CNC(C)(C)C)c2)C1. The van der Waals surface area contributed by atoms with Crippen molar-refractivity contribution >= 4 is 5.69 Å². The van der Waals surface area contributed by atoms with E-state index in [1.54, 1.807) is 0 Å². The highest BCUT2D eigenvalue weighted by Gasteiger charge is 2.21. The van der Waals surface area contributed by atoms with E-state index in [4.69, 9.17) is 0 Å². The Kier molecular flexibility index (Phi) is 5.22. The van der Waals surface area contributed by atoms with Gasteiger partial charge in [-0.15, -0.1) is 0 Å². The fourth-order valence-electron chi connectivity index (χ4n) is 2.82. The van der Waals surface area contributed by atoms with Gasteiger partial charge in [0, 0.05) is 44.1 Å². The first-order valence-corrected chi connectivity index (χ1v) is 7.93. The second kappa shape index (κ2) is 6.75. The van der Waals surface area contributed by atoms with E-state index >= 15 is 0 Å². The summed E-state index contributed by atoms with van der Waals surface area (Å²) in [6, 6.07) is 4.32. The maximum Gasteiger partial charge on any atom is 0.0562 e. The summed E-state index contributed by atoms with van der Waals surface area (Å²) < 4.78 is 0. The Morgan fingerprint density at radius 2 is 2.19 bits per heavy atom. The van der Waals surface area contributed by atoms with Crippen molar-refractivity contribution in [2.24, 2.45) is 5.92 Å². The van der Waals surface area contributed by atoms with Gasteiger partial charge >= 0.3 is 0 Å². The molecule has 1 aliphatic heterocycles. The van der Waals surface area contributed by atoms with Gasteiger partial charge in [0.2, 0.25) is 0 Å². The Bertz CT molecular complexity index is 452. The van der Waals surface area contributed by atoms with Gasteiger partial charge in [-0.05, 0) is 58.8 Å². The molecule has 0 bridgehead atoms. The van der Waals surface area contributed by atoms with Crippen molar-refractivity contribution in [2.75, 3.05) is 38.6 Å². The van der Waals surface area contributed by atoms with Crippen molar-refractivity contribution in [2.45, 2.75) is 39.3 Å². The Morgan fingerprint density at radius 3 is 2.81 bits per heavy atom. The van der Waals surface area contributed by atoms with Crippen LogP contribution in [0.2, 0.25) is 0 Å². The van der Waals surface area contributed by atoms with Crippen LogP contribution in [0.5, 0.6) is 0 Å². The summed E-state index contributed by atoms with van der Waals surface area (Å²) in [4.78, 5) is 9.26. The summed E-state index contributed by atoms with van der Waals surface area (Å²) in [5.41, 5.74) is 2.50. The smallest absolute Gasteiger partial charge is 0.0562 e. The maximum atomic E-state index is 4.47. The van der Waals surface area contributed by atoms with Gasteiger partial charge in [0.25, 0.3) is 0 Å². The molecule has 4 heteroatoms. The molecule has 21 heavy (non-hydrogen) atoms. The fourth-order valence-corrected chi connectivity index (χ4v) is 2.82. The Balaban J connectivity index is 1.93. The van der Waals surface area contributed by atoms with Gasteiger partial charge in [0.15, 0.2) is 0 Å². The topological polar surface area (TPSA) is 31.4 Å². The lowest BCUT2D eigenvalue weighted by Crippen LogP contribution is -2.35. The number of pyridine rings is 1. The van der Waals surface area contributed by atoms with E-state index < -0.39 is 0 Å². The van der Waals surface area contributed by atoms with Crippen LogP contribution in [-0.4, -0.2) is 49.2 Å². The van der Waals surface area contributed by atoms with Crippen molar-refractivity contribution < 1.29 is 0 Å². The van der Waals surface area contributed by atoms with E-state index in [1.165, 1.54) is 25.2 Å². The summed E-state index contributed by atoms with van der Waals surface area (Å²) in [5, 5.41) is 3.50. The number of hydrogen-bond acceptors (Lipinski definition) is 4. The Labute approximate surface area is 129 Å². The largest absolute Gasteiger partial charge is 0.374 e. The first kappa shape index (κ1) is 16.2. The van der Waals surface area contributed by atoms with Crippen LogP contribution in [0, 0.1) is 5.92 Å². The van der Waals surface area contributed by atoms with Gasteiger partial charge < -0.3 is 15.1 Å². The van der Waals surface area contributed by atoms with E-state index in [9.17, 15) is 0 Å². The monoisotopic (exact) mass is 290 g/mol. The van der Waals surface area contributed by atoms with E-state index in [2.05, 4.69) is 67.1 Å². The molecule has 1 fully saturated rings. The van der Waals surface area contributed by atoms with Crippen molar-refractivity contribution in [3.8, 4) is 0 Å². The van der Waals surface area contributed by atoms with E-state index in [1.807, 2.05) is 6.20 Å². The zero-order chi connectivity index (χ0) is 15.5. The van der Waals surface area contributed by atoms with Crippen LogP contribution >= 0.6 is 0 Å². The standard InChI is InChI=1S/C17H30N4/c1-17(2,3)19-11-15-10-16(6-8-18-15)21(5)13-14-7-9-20(4)12-14/h6,8,10,14,19H,7,9,11-13H2,1-5H3. The lowest BCUT2D eigenvalue weighted by Gasteiger charge is -2.24.